The monoisotopic (exact) mass is 212 g/mol. The van der Waals surface area contributed by atoms with Crippen LogP contribution >= 0.6 is 0 Å². The number of rotatable bonds is 4. The van der Waals surface area contributed by atoms with Crippen molar-refractivity contribution in [2.24, 2.45) is 0 Å². The van der Waals surface area contributed by atoms with Gasteiger partial charge in [-0.05, 0) is 17.2 Å². The molecule has 0 atom stereocenters. The molecule has 1 aromatic carbocycles. The van der Waals surface area contributed by atoms with Crippen LogP contribution in [0.2, 0.25) is 0 Å². The summed E-state index contributed by atoms with van der Waals surface area (Å²) in [5.74, 6) is -0.288. The lowest BCUT2D eigenvalue weighted by Crippen LogP contribution is -2.23. The molecule has 0 saturated heterocycles. The summed E-state index contributed by atoms with van der Waals surface area (Å²) in [6.07, 6.45) is 0. The molecule has 0 radical (unpaired) electrons. The topological polar surface area (TPSA) is 29.5 Å². The van der Waals surface area contributed by atoms with E-state index >= 15 is 0 Å². The van der Waals surface area contributed by atoms with E-state index in [-0.39, 0.29) is 12.4 Å². The highest BCUT2D eigenvalue weighted by Crippen LogP contribution is 2.25. The Bertz CT molecular complexity index is 334. The third kappa shape index (κ3) is 2.76. The van der Waals surface area contributed by atoms with Gasteiger partial charge in [0.25, 0.3) is 0 Å². The van der Waals surface area contributed by atoms with Crippen LogP contribution in [0.3, 0.4) is 0 Å². The van der Waals surface area contributed by atoms with Crippen LogP contribution in [0.5, 0.6) is 0 Å². The third-order valence-electron chi connectivity index (χ3n) is 2.47. The maximum Gasteiger partial charge on any atom is 0.127 e. The molecule has 0 aliphatic heterocycles. The standard InChI is InChI=1S/C12H17FO2/c1-12(2,8-14)10-5-4-9(7-15-3)6-11(10)13/h4-6,14H,7-8H2,1-3H3. The van der Waals surface area contributed by atoms with Gasteiger partial charge in [0.15, 0.2) is 0 Å². The van der Waals surface area contributed by atoms with E-state index in [0.29, 0.717) is 12.2 Å². The summed E-state index contributed by atoms with van der Waals surface area (Å²) in [4.78, 5) is 0. The van der Waals surface area contributed by atoms with Gasteiger partial charge in [-0.1, -0.05) is 26.0 Å². The van der Waals surface area contributed by atoms with E-state index in [9.17, 15) is 4.39 Å². The van der Waals surface area contributed by atoms with Crippen molar-refractivity contribution in [2.45, 2.75) is 25.9 Å². The average Bonchev–Trinajstić information content (AvgIpc) is 2.18. The maximum atomic E-state index is 13.7. The quantitative estimate of drug-likeness (QED) is 0.829. The molecule has 0 fully saturated rings. The molecule has 0 aliphatic carbocycles. The first-order valence-electron chi connectivity index (χ1n) is 4.90. The summed E-state index contributed by atoms with van der Waals surface area (Å²) < 4.78 is 18.6. The predicted molar refractivity (Wildman–Crippen MR) is 57.2 cm³/mol. The predicted octanol–water partition coefficient (Wildman–Crippen LogP) is 2.24. The third-order valence-corrected chi connectivity index (χ3v) is 2.47. The molecule has 0 bridgehead atoms. The molecule has 0 unspecified atom stereocenters. The fourth-order valence-corrected chi connectivity index (χ4v) is 1.45. The van der Waals surface area contributed by atoms with Crippen molar-refractivity contribution >= 4 is 0 Å². The zero-order chi connectivity index (χ0) is 11.5. The lowest BCUT2D eigenvalue weighted by Gasteiger charge is -2.23. The molecule has 0 aromatic heterocycles. The normalized spacial score (nSPS) is 11.8. The van der Waals surface area contributed by atoms with E-state index in [1.807, 2.05) is 6.07 Å². The van der Waals surface area contributed by atoms with Gasteiger partial charge in [-0.15, -0.1) is 0 Å². The fraction of sp³-hybridized carbons (Fsp3) is 0.500. The van der Waals surface area contributed by atoms with E-state index in [1.165, 1.54) is 6.07 Å². The lowest BCUT2D eigenvalue weighted by atomic mass is 9.85. The van der Waals surface area contributed by atoms with Crippen LogP contribution in [-0.2, 0) is 16.8 Å². The summed E-state index contributed by atoms with van der Waals surface area (Å²) in [6.45, 7) is 3.94. The number of hydrogen-bond acceptors (Lipinski definition) is 2. The second-order valence-electron chi connectivity index (χ2n) is 4.29. The molecular formula is C12H17FO2. The highest BCUT2D eigenvalue weighted by molar-refractivity contribution is 5.29. The van der Waals surface area contributed by atoms with Crippen molar-refractivity contribution in [3.63, 3.8) is 0 Å². The molecule has 1 aromatic rings. The Morgan fingerprint density at radius 1 is 1.40 bits per heavy atom. The average molecular weight is 212 g/mol. The van der Waals surface area contributed by atoms with Crippen molar-refractivity contribution in [3.8, 4) is 0 Å². The van der Waals surface area contributed by atoms with Gasteiger partial charge < -0.3 is 9.84 Å². The molecule has 0 spiro atoms. The van der Waals surface area contributed by atoms with Gasteiger partial charge >= 0.3 is 0 Å². The Morgan fingerprint density at radius 3 is 2.53 bits per heavy atom. The molecular weight excluding hydrogens is 195 g/mol. The Hall–Kier alpha value is -0.930. The lowest BCUT2D eigenvalue weighted by molar-refractivity contribution is 0.184. The number of ether oxygens (including phenoxy) is 1. The SMILES string of the molecule is COCc1ccc(C(C)(C)CO)c(F)c1. The van der Waals surface area contributed by atoms with E-state index < -0.39 is 5.41 Å². The second-order valence-corrected chi connectivity index (χ2v) is 4.29. The van der Waals surface area contributed by atoms with E-state index in [0.717, 1.165) is 5.56 Å². The van der Waals surface area contributed by atoms with Crippen LogP contribution < -0.4 is 0 Å². The van der Waals surface area contributed by atoms with Gasteiger partial charge in [-0.3, -0.25) is 0 Å². The van der Waals surface area contributed by atoms with Gasteiger partial charge in [-0.25, -0.2) is 4.39 Å². The Balaban J connectivity index is 3.03. The molecule has 3 heteroatoms. The van der Waals surface area contributed by atoms with Crippen LogP contribution in [0.4, 0.5) is 4.39 Å². The minimum atomic E-state index is -0.546. The van der Waals surface area contributed by atoms with E-state index in [2.05, 4.69) is 0 Å². The maximum absolute atomic E-state index is 13.7. The van der Waals surface area contributed by atoms with Gasteiger partial charge in [0.1, 0.15) is 5.82 Å². The molecule has 0 heterocycles. The molecule has 84 valence electrons. The van der Waals surface area contributed by atoms with Gasteiger partial charge in [0.05, 0.1) is 13.2 Å². The summed E-state index contributed by atoms with van der Waals surface area (Å²) in [7, 11) is 1.57. The Kier molecular flexibility index (Phi) is 3.83. The smallest absolute Gasteiger partial charge is 0.127 e. The molecule has 0 aliphatic rings. The first-order chi connectivity index (χ1) is 7.01. The van der Waals surface area contributed by atoms with Crippen molar-refractivity contribution in [1.82, 2.24) is 0 Å². The minimum absolute atomic E-state index is 0.0758. The molecule has 1 rings (SSSR count). The summed E-state index contributed by atoms with van der Waals surface area (Å²) >= 11 is 0. The number of halogens is 1. The zero-order valence-electron chi connectivity index (χ0n) is 9.38. The summed E-state index contributed by atoms with van der Waals surface area (Å²) in [5.41, 5.74) is 0.785. The van der Waals surface area contributed by atoms with E-state index in [1.54, 1.807) is 27.0 Å². The van der Waals surface area contributed by atoms with Crippen LogP contribution in [0.15, 0.2) is 18.2 Å². The highest BCUT2D eigenvalue weighted by atomic mass is 19.1. The van der Waals surface area contributed by atoms with Crippen molar-refractivity contribution in [3.05, 3.63) is 35.1 Å². The Morgan fingerprint density at radius 2 is 2.07 bits per heavy atom. The fourth-order valence-electron chi connectivity index (χ4n) is 1.45. The molecule has 2 nitrogen and oxygen atoms in total. The number of methoxy groups -OCH3 is 1. The highest BCUT2D eigenvalue weighted by Gasteiger charge is 2.23. The summed E-state index contributed by atoms with van der Waals surface area (Å²) in [6, 6.07) is 4.98. The second kappa shape index (κ2) is 4.73. The minimum Gasteiger partial charge on any atom is -0.395 e. The number of aliphatic hydroxyl groups is 1. The molecule has 0 saturated carbocycles. The zero-order valence-corrected chi connectivity index (χ0v) is 9.38. The van der Waals surface area contributed by atoms with Crippen molar-refractivity contribution in [2.75, 3.05) is 13.7 Å². The van der Waals surface area contributed by atoms with Crippen LogP contribution in [0.25, 0.3) is 0 Å². The number of hydrogen-bond donors (Lipinski definition) is 1. The first kappa shape index (κ1) is 12.1. The Labute approximate surface area is 89.7 Å². The first-order valence-corrected chi connectivity index (χ1v) is 4.90. The summed E-state index contributed by atoms with van der Waals surface area (Å²) in [5, 5.41) is 9.15. The van der Waals surface area contributed by atoms with Gasteiger partial charge in [-0.2, -0.15) is 0 Å². The number of benzene rings is 1. The van der Waals surface area contributed by atoms with Gasteiger partial charge in [0.2, 0.25) is 0 Å². The van der Waals surface area contributed by atoms with Crippen LogP contribution in [0.1, 0.15) is 25.0 Å². The largest absolute Gasteiger partial charge is 0.395 e. The van der Waals surface area contributed by atoms with Gasteiger partial charge in [0, 0.05) is 12.5 Å². The van der Waals surface area contributed by atoms with Crippen LogP contribution in [-0.4, -0.2) is 18.8 Å². The van der Waals surface area contributed by atoms with Crippen LogP contribution in [0, 0.1) is 5.82 Å². The molecule has 1 N–H and O–H groups in total. The molecule has 15 heavy (non-hydrogen) atoms. The molecule has 0 amide bonds. The number of aliphatic hydroxyl groups excluding tert-OH is 1. The van der Waals surface area contributed by atoms with Crippen molar-refractivity contribution in [1.29, 1.82) is 0 Å². The van der Waals surface area contributed by atoms with Crippen molar-refractivity contribution < 1.29 is 14.2 Å². The van der Waals surface area contributed by atoms with E-state index in [4.69, 9.17) is 9.84 Å².